The average Bonchev–Trinajstić information content (AvgIpc) is 2.48. The average molecular weight is 216 g/mol. The third-order valence-electron chi connectivity index (χ3n) is 1.93. The summed E-state index contributed by atoms with van der Waals surface area (Å²) in [5, 5.41) is 6.48. The van der Waals surface area contributed by atoms with Gasteiger partial charge in [0.05, 0.1) is 11.8 Å². The Morgan fingerprint density at radius 1 is 1.79 bits per heavy atom. The molecular formula is C9H14ClN3O. The van der Waals surface area contributed by atoms with Crippen LogP contribution in [0.25, 0.3) is 0 Å². The molecule has 0 bridgehead atoms. The Bertz CT molecular complexity index is 322. The molecule has 78 valence electrons. The van der Waals surface area contributed by atoms with Crippen molar-refractivity contribution in [2.45, 2.75) is 19.2 Å². The van der Waals surface area contributed by atoms with Gasteiger partial charge in [-0.1, -0.05) is 0 Å². The van der Waals surface area contributed by atoms with Crippen LogP contribution in [0.15, 0.2) is 6.20 Å². The molecule has 0 saturated heterocycles. The van der Waals surface area contributed by atoms with Gasteiger partial charge in [0.1, 0.15) is 0 Å². The summed E-state index contributed by atoms with van der Waals surface area (Å²) >= 11 is 5.80. The second-order valence-electron chi connectivity index (χ2n) is 3.38. The highest BCUT2D eigenvalue weighted by atomic mass is 35.5. The van der Waals surface area contributed by atoms with Crippen molar-refractivity contribution in [3.63, 3.8) is 0 Å². The minimum Gasteiger partial charge on any atom is -0.340 e. The molecule has 0 radical (unpaired) electrons. The highest BCUT2D eigenvalue weighted by Crippen LogP contribution is 2.07. The monoisotopic (exact) mass is 215 g/mol. The fourth-order valence-electron chi connectivity index (χ4n) is 1.23. The Balaban J connectivity index is 2.71. The van der Waals surface area contributed by atoms with Crippen molar-refractivity contribution in [2.75, 3.05) is 13.6 Å². The van der Waals surface area contributed by atoms with Crippen LogP contribution in [0.5, 0.6) is 0 Å². The number of rotatable bonds is 3. The summed E-state index contributed by atoms with van der Waals surface area (Å²) in [5.41, 5.74) is 1.38. The van der Waals surface area contributed by atoms with Crippen LogP contribution >= 0.6 is 11.6 Å². The Labute approximate surface area is 88.2 Å². The zero-order valence-corrected chi connectivity index (χ0v) is 9.30. The van der Waals surface area contributed by atoms with Gasteiger partial charge >= 0.3 is 0 Å². The van der Waals surface area contributed by atoms with Crippen LogP contribution in [0.1, 0.15) is 23.0 Å². The quantitative estimate of drug-likeness (QED) is 0.776. The molecule has 5 heteroatoms. The third-order valence-corrected chi connectivity index (χ3v) is 2.07. The van der Waals surface area contributed by atoms with E-state index in [2.05, 4.69) is 10.2 Å². The van der Waals surface area contributed by atoms with Crippen molar-refractivity contribution >= 4 is 17.5 Å². The number of halogens is 1. The SMILES string of the molecule is Cc1[nH]ncc1C(=O)N(C)CC(C)Cl. The van der Waals surface area contributed by atoms with Crippen LogP contribution in [0.2, 0.25) is 0 Å². The van der Waals surface area contributed by atoms with Crippen molar-refractivity contribution in [1.29, 1.82) is 0 Å². The lowest BCUT2D eigenvalue weighted by molar-refractivity contribution is 0.0795. The lowest BCUT2D eigenvalue weighted by atomic mass is 10.2. The zero-order valence-electron chi connectivity index (χ0n) is 8.54. The molecule has 0 aliphatic heterocycles. The van der Waals surface area contributed by atoms with Crippen LogP contribution in [0, 0.1) is 6.92 Å². The zero-order chi connectivity index (χ0) is 10.7. The predicted octanol–water partition coefficient (Wildman–Crippen LogP) is 1.42. The number of aromatic amines is 1. The van der Waals surface area contributed by atoms with Crippen molar-refractivity contribution in [1.82, 2.24) is 15.1 Å². The number of carbonyl (C=O) groups excluding carboxylic acids is 1. The molecule has 0 spiro atoms. The molecule has 1 N–H and O–H groups in total. The molecule has 1 amide bonds. The summed E-state index contributed by atoms with van der Waals surface area (Å²) in [7, 11) is 1.73. The standard InChI is InChI=1S/C9H14ClN3O/c1-6(10)5-13(3)9(14)8-4-11-12-7(8)2/h4,6H,5H2,1-3H3,(H,11,12). The van der Waals surface area contributed by atoms with Gasteiger partial charge in [0.2, 0.25) is 0 Å². The number of nitrogens with one attached hydrogen (secondary N) is 1. The van der Waals surface area contributed by atoms with Crippen LogP contribution in [-0.2, 0) is 0 Å². The van der Waals surface area contributed by atoms with Gasteiger partial charge in [-0.25, -0.2) is 0 Å². The van der Waals surface area contributed by atoms with E-state index in [1.807, 2.05) is 13.8 Å². The Morgan fingerprint density at radius 3 is 2.86 bits per heavy atom. The van der Waals surface area contributed by atoms with Crippen molar-refractivity contribution in [3.05, 3.63) is 17.5 Å². The van der Waals surface area contributed by atoms with Crippen molar-refractivity contribution < 1.29 is 4.79 Å². The molecule has 0 aliphatic rings. The van der Waals surface area contributed by atoms with E-state index in [1.54, 1.807) is 11.9 Å². The number of aromatic nitrogens is 2. The third kappa shape index (κ3) is 2.48. The van der Waals surface area contributed by atoms with E-state index in [4.69, 9.17) is 11.6 Å². The van der Waals surface area contributed by atoms with Gasteiger partial charge in [0, 0.05) is 24.7 Å². The van der Waals surface area contributed by atoms with E-state index in [-0.39, 0.29) is 11.3 Å². The summed E-state index contributed by atoms with van der Waals surface area (Å²) in [5.74, 6) is -0.0521. The molecule has 0 aliphatic carbocycles. The van der Waals surface area contributed by atoms with Crippen molar-refractivity contribution in [2.24, 2.45) is 0 Å². The first kappa shape index (κ1) is 11.0. The van der Waals surface area contributed by atoms with E-state index >= 15 is 0 Å². The number of amides is 1. The maximum Gasteiger partial charge on any atom is 0.257 e. The summed E-state index contributed by atoms with van der Waals surface area (Å²) in [4.78, 5) is 13.4. The Hall–Kier alpha value is -1.03. The van der Waals surface area contributed by atoms with E-state index < -0.39 is 0 Å². The van der Waals surface area contributed by atoms with Gasteiger partial charge in [0.15, 0.2) is 0 Å². The van der Waals surface area contributed by atoms with E-state index in [1.165, 1.54) is 6.20 Å². The number of hydrogen-bond donors (Lipinski definition) is 1. The molecule has 1 unspecified atom stereocenters. The molecule has 1 aromatic rings. The van der Waals surface area contributed by atoms with Gasteiger partial charge in [-0.05, 0) is 13.8 Å². The van der Waals surface area contributed by atoms with Crippen LogP contribution in [0.4, 0.5) is 0 Å². The van der Waals surface area contributed by atoms with Gasteiger partial charge in [-0.2, -0.15) is 5.10 Å². The first-order valence-corrected chi connectivity index (χ1v) is 4.85. The molecule has 0 aromatic carbocycles. The predicted molar refractivity (Wildman–Crippen MR) is 55.6 cm³/mol. The second kappa shape index (κ2) is 4.46. The van der Waals surface area contributed by atoms with E-state index in [0.29, 0.717) is 12.1 Å². The van der Waals surface area contributed by atoms with E-state index in [0.717, 1.165) is 5.69 Å². The van der Waals surface area contributed by atoms with Gasteiger partial charge in [0.25, 0.3) is 5.91 Å². The number of hydrogen-bond acceptors (Lipinski definition) is 2. The molecule has 1 atom stereocenters. The number of nitrogens with zero attached hydrogens (tertiary/aromatic N) is 2. The summed E-state index contributed by atoms with van der Waals surface area (Å²) in [6.07, 6.45) is 1.53. The van der Waals surface area contributed by atoms with Crippen molar-refractivity contribution in [3.8, 4) is 0 Å². The van der Waals surface area contributed by atoms with Gasteiger partial charge in [-0.3, -0.25) is 9.89 Å². The van der Waals surface area contributed by atoms with Gasteiger partial charge < -0.3 is 4.90 Å². The Kier molecular flexibility index (Phi) is 3.52. The molecular weight excluding hydrogens is 202 g/mol. The number of carbonyl (C=O) groups is 1. The maximum atomic E-state index is 11.8. The molecule has 1 rings (SSSR count). The lowest BCUT2D eigenvalue weighted by Gasteiger charge is -2.17. The number of alkyl halides is 1. The minimum atomic E-state index is -0.0521. The normalized spacial score (nSPS) is 12.6. The largest absolute Gasteiger partial charge is 0.340 e. The summed E-state index contributed by atoms with van der Waals surface area (Å²) in [6, 6.07) is 0. The second-order valence-corrected chi connectivity index (χ2v) is 4.12. The van der Waals surface area contributed by atoms with Crippen LogP contribution in [0.3, 0.4) is 0 Å². The first-order valence-electron chi connectivity index (χ1n) is 4.42. The molecule has 1 heterocycles. The number of H-pyrrole nitrogens is 1. The summed E-state index contributed by atoms with van der Waals surface area (Å²) < 4.78 is 0. The molecule has 0 saturated carbocycles. The molecule has 4 nitrogen and oxygen atoms in total. The fourth-order valence-corrected chi connectivity index (χ4v) is 1.44. The first-order chi connectivity index (χ1) is 6.52. The van der Waals surface area contributed by atoms with E-state index in [9.17, 15) is 4.79 Å². The lowest BCUT2D eigenvalue weighted by Crippen LogP contribution is -2.31. The Morgan fingerprint density at radius 2 is 2.43 bits per heavy atom. The smallest absolute Gasteiger partial charge is 0.257 e. The van der Waals surface area contributed by atoms with Crippen LogP contribution < -0.4 is 0 Å². The highest BCUT2D eigenvalue weighted by molar-refractivity contribution is 6.20. The molecule has 0 fully saturated rings. The maximum absolute atomic E-state index is 11.8. The minimum absolute atomic E-state index is 0.0452. The topological polar surface area (TPSA) is 49.0 Å². The fraction of sp³-hybridized carbons (Fsp3) is 0.556. The molecule has 14 heavy (non-hydrogen) atoms. The number of aryl methyl sites for hydroxylation is 1. The summed E-state index contributed by atoms with van der Waals surface area (Å²) in [6.45, 7) is 4.21. The van der Waals surface area contributed by atoms with Crippen LogP contribution in [-0.4, -0.2) is 40.0 Å². The molecule has 1 aromatic heterocycles. The highest BCUT2D eigenvalue weighted by Gasteiger charge is 2.16. The van der Waals surface area contributed by atoms with Gasteiger partial charge in [-0.15, -0.1) is 11.6 Å².